The highest BCUT2D eigenvalue weighted by molar-refractivity contribution is 7.80. The molecule has 2 fully saturated rings. The lowest BCUT2D eigenvalue weighted by atomic mass is 9.81. The zero-order chi connectivity index (χ0) is 21.0. The smallest absolute Gasteiger partial charge is 0.399 e. The third-order valence-electron chi connectivity index (χ3n) is 6.58. The molecule has 0 radical (unpaired) electrons. The van der Waals surface area contributed by atoms with Crippen molar-refractivity contribution in [2.75, 3.05) is 11.4 Å². The summed E-state index contributed by atoms with van der Waals surface area (Å²) in [5.41, 5.74) is 2.98. The number of fused-ring (bicyclic) bond motifs is 2. The van der Waals surface area contributed by atoms with Crippen LogP contribution in [0.25, 0.3) is 0 Å². The monoisotopic (exact) mass is 411 g/mol. The fourth-order valence-electron chi connectivity index (χ4n) is 3.99. The van der Waals surface area contributed by atoms with Crippen LogP contribution < -0.4 is 10.4 Å². The van der Waals surface area contributed by atoms with Gasteiger partial charge < -0.3 is 14.2 Å². The van der Waals surface area contributed by atoms with Crippen molar-refractivity contribution in [1.29, 1.82) is 0 Å². The van der Waals surface area contributed by atoms with E-state index in [9.17, 15) is 0 Å². The van der Waals surface area contributed by atoms with Gasteiger partial charge in [-0.25, -0.2) is 9.97 Å². The molecule has 5 rings (SSSR count). The van der Waals surface area contributed by atoms with Gasteiger partial charge in [0.15, 0.2) is 0 Å². The molecule has 0 atom stereocenters. The lowest BCUT2D eigenvalue weighted by Crippen LogP contribution is -2.41. The molecule has 5 nitrogen and oxygen atoms in total. The lowest BCUT2D eigenvalue weighted by Gasteiger charge is -2.32. The molecule has 2 aromatic rings. The standard InChI is InChI=1S/C20H24BN3O2S.C2H6/c1-18(2)19(3,4)26-21(25-18)13-10-22-17(23-11-13)24-12-20(7-8-20)15-6-5-14(27)9-16(15)24;1-2/h5-6,9-11,27H,7-8,12H2,1-4H3;1-2H3. The van der Waals surface area contributed by atoms with Crippen LogP contribution in [0.5, 0.6) is 0 Å². The Morgan fingerprint density at radius 3 is 2.14 bits per heavy atom. The number of aromatic nitrogens is 2. The fraction of sp³-hybridized carbons (Fsp3) is 0.545. The third kappa shape index (κ3) is 3.37. The van der Waals surface area contributed by atoms with E-state index in [0.29, 0.717) is 0 Å². The predicted octanol–water partition coefficient (Wildman–Crippen LogP) is 4.27. The molecule has 1 aliphatic carbocycles. The van der Waals surface area contributed by atoms with E-state index in [2.05, 4.69) is 45.7 Å². The topological polar surface area (TPSA) is 47.5 Å². The molecule has 1 saturated carbocycles. The maximum Gasteiger partial charge on any atom is 0.498 e. The molecule has 154 valence electrons. The minimum atomic E-state index is -0.436. The second-order valence-corrected chi connectivity index (χ2v) is 9.49. The first-order valence-corrected chi connectivity index (χ1v) is 10.9. The van der Waals surface area contributed by atoms with Crippen LogP contribution in [0, 0.1) is 0 Å². The molecule has 0 bridgehead atoms. The largest absolute Gasteiger partial charge is 0.498 e. The summed E-state index contributed by atoms with van der Waals surface area (Å²) in [7, 11) is -0.436. The molecule has 1 spiro atoms. The highest BCUT2D eigenvalue weighted by Crippen LogP contribution is 2.57. The van der Waals surface area contributed by atoms with Crippen LogP contribution in [0.4, 0.5) is 11.6 Å². The van der Waals surface area contributed by atoms with E-state index in [0.717, 1.165) is 22.9 Å². The second-order valence-electron chi connectivity index (χ2n) is 8.97. The summed E-state index contributed by atoms with van der Waals surface area (Å²) >= 11 is 4.52. The molecule has 2 aliphatic heterocycles. The average Bonchev–Trinajstić information content (AvgIpc) is 3.34. The summed E-state index contributed by atoms with van der Waals surface area (Å²) in [6.45, 7) is 13.1. The Kier molecular flexibility index (Phi) is 4.99. The third-order valence-corrected chi connectivity index (χ3v) is 6.86. The molecule has 1 aromatic carbocycles. The van der Waals surface area contributed by atoms with Gasteiger partial charge in [-0.15, -0.1) is 12.6 Å². The Labute approximate surface area is 179 Å². The molecular formula is C22H30BN3O2S. The number of hydrogen-bond acceptors (Lipinski definition) is 6. The minimum absolute atomic E-state index is 0.282. The first-order valence-electron chi connectivity index (χ1n) is 10.5. The van der Waals surface area contributed by atoms with Gasteiger partial charge in [0.2, 0.25) is 5.95 Å². The van der Waals surface area contributed by atoms with Gasteiger partial charge in [-0.2, -0.15) is 0 Å². The summed E-state index contributed by atoms with van der Waals surface area (Å²) in [6.07, 6.45) is 6.11. The van der Waals surface area contributed by atoms with Gasteiger partial charge in [0, 0.05) is 40.4 Å². The normalized spacial score (nSPS) is 22.3. The maximum absolute atomic E-state index is 6.10. The van der Waals surface area contributed by atoms with Gasteiger partial charge in [0.05, 0.1) is 11.2 Å². The highest BCUT2D eigenvalue weighted by Gasteiger charge is 2.53. The van der Waals surface area contributed by atoms with Crippen LogP contribution in [-0.4, -0.2) is 34.8 Å². The number of anilines is 2. The van der Waals surface area contributed by atoms with E-state index in [1.807, 2.05) is 53.9 Å². The van der Waals surface area contributed by atoms with Gasteiger partial charge in [-0.05, 0) is 58.2 Å². The van der Waals surface area contributed by atoms with Gasteiger partial charge in [-0.3, -0.25) is 0 Å². The summed E-state index contributed by atoms with van der Waals surface area (Å²) in [5.74, 6) is 0.722. The molecule has 1 aromatic heterocycles. The number of nitrogens with zero attached hydrogens (tertiary/aromatic N) is 3. The van der Waals surface area contributed by atoms with Crippen molar-refractivity contribution in [2.45, 2.75) is 75.9 Å². The first kappa shape index (κ1) is 20.7. The van der Waals surface area contributed by atoms with Crippen LogP contribution in [-0.2, 0) is 14.7 Å². The molecule has 1 saturated heterocycles. The Hall–Kier alpha value is -1.57. The van der Waals surface area contributed by atoms with Crippen molar-refractivity contribution in [3.05, 3.63) is 36.2 Å². The quantitative estimate of drug-likeness (QED) is 0.591. The van der Waals surface area contributed by atoms with Crippen molar-refractivity contribution in [3.63, 3.8) is 0 Å². The van der Waals surface area contributed by atoms with Crippen molar-refractivity contribution < 1.29 is 9.31 Å². The molecule has 0 amide bonds. The van der Waals surface area contributed by atoms with E-state index in [-0.39, 0.29) is 16.6 Å². The number of hydrogen-bond donors (Lipinski definition) is 1. The SMILES string of the molecule is CC.CC1(C)OB(c2cnc(N3CC4(CC4)c4ccc(S)cc43)nc2)OC1(C)C. The van der Waals surface area contributed by atoms with Gasteiger partial charge >= 0.3 is 7.12 Å². The summed E-state index contributed by atoms with van der Waals surface area (Å²) in [6, 6.07) is 6.41. The molecule has 29 heavy (non-hydrogen) atoms. The van der Waals surface area contributed by atoms with Crippen molar-refractivity contribution >= 4 is 36.8 Å². The van der Waals surface area contributed by atoms with E-state index in [1.165, 1.54) is 24.1 Å². The molecular weight excluding hydrogens is 381 g/mol. The predicted molar refractivity (Wildman–Crippen MR) is 121 cm³/mol. The lowest BCUT2D eigenvalue weighted by molar-refractivity contribution is 0.00578. The van der Waals surface area contributed by atoms with Crippen LogP contribution in [0.1, 0.15) is 59.9 Å². The first-order chi connectivity index (χ1) is 13.7. The minimum Gasteiger partial charge on any atom is -0.399 e. The fourth-order valence-corrected chi connectivity index (χ4v) is 4.19. The Balaban J connectivity index is 0.000000994. The summed E-state index contributed by atoms with van der Waals surface area (Å²) in [5, 5.41) is 0. The Morgan fingerprint density at radius 2 is 1.59 bits per heavy atom. The van der Waals surface area contributed by atoms with Crippen LogP contribution >= 0.6 is 12.6 Å². The van der Waals surface area contributed by atoms with Crippen LogP contribution in [0.2, 0.25) is 0 Å². The Bertz CT molecular complexity index is 897. The number of rotatable bonds is 2. The van der Waals surface area contributed by atoms with Gasteiger partial charge in [-0.1, -0.05) is 19.9 Å². The van der Waals surface area contributed by atoms with E-state index < -0.39 is 7.12 Å². The number of thiol groups is 1. The van der Waals surface area contributed by atoms with E-state index in [4.69, 9.17) is 9.31 Å². The van der Waals surface area contributed by atoms with Gasteiger partial charge in [0.1, 0.15) is 0 Å². The molecule has 0 unspecified atom stereocenters. The van der Waals surface area contributed by atoms with Crippen molar-refractivity contribution in [2.24, 2.45) is 0 Å². The van der Waals surface area contributed by atoms with Crippen LogP contribution in [0.3, 0.4) is 0 Å². The molecule has 3 heterocycles. The Morgan fingerprint density at radius 1 is 1.00 bits per heavy atom. The molecule has 3 aliphatic rings. The maximum atomic E-state index is 6.10. The second kappa shape index (κ2) is 7.00. The number of benzene rings is 1. The van der Waals surface area contributed by atoms with E-state index >= 15 is 0 Å². The average molecular weight is 411 g/mol. The zero-order valence-electron chi connectivity index (χ0n) is 18.2. The summed E-state index contributed by atoms with van der Waals surface area (Å²) in [4.78, 5) is 12.5. The van der Waals surface area contributed by atoms with Crippen molar-refractivity contribution in [1.82, 2.24) is 9.97 Å². The molecule has 0 N–H and O–H groups in total. The highest BCUT2D eigenvalue weighted by atomic mass is 32.1. The zero-order valence-corrected chi connectivity index (χ0v) is 19.1. The summed E-state index contributed by atoms with van der Waals surface area (Å²) < 4.78 is 12.2. The van der Waals surface area contributed by atoms with Crippen LogP contribution in [0.15, 0.2) is 35.5 Å². The van der Waals surface area contributed by atoms with E-state index in [1.54, 1.807) is 0 Å². The van der Waals surface area contributed by atoms with Gasteiger partial charge in [0.25, 0.3) is 0 Å². The molecule has 7 heteroatoms. The van der Waals surface area contributed by atoms with Crippen molar-refractivity contribution in [3.8, 4) is 0 Å².